The van der Waals surface area contributed by atoms with Crippen LogP contribution < -0.4 is 10.0 Å². The van der Waals surface area contributed by atoms with Gasteiger partial charge in [-0.15, -0.1) is 0 Å². The fourth-order valence-electron chi connectivity index (χ4n) is 2.43. The minimum Gasteiger partial charge on any atom is -0.326 e. The SMILES string of the molecule is Cc1ccc(NS(=O)(=O)c2ccc3c(c2)CCC(=O)N3)c(F)c1. The molecule has 1 heterocycles. The lowest BCUT2D eigenvalue weighted by atomic mass is 10.0. The highest BCUT2D eigenvalue weighted by Gasteiger charge is 2.21. The van der Waals surface area contributed by atoms with E-state index in [1.165, 1.54) is 24.3 Å². The molecule has 0 saturated heterocycles. The van der Waals surface area contributed by atoms with E-state index in [2.05, 4.69) is 10.0 Å². The molecule has 2 aromatic rings. The van der Waals surface area contributed by atoms with Gasteiger partial charge in [0, 0.05) is 12.1 Å². The van der Waals surface area contributed by atoms with Gasteiger partial charge < -0.3 is 5.32 Å². The standard InChI is InChI=1S/C16H15FN2O3S/c1-10-2-5-15(13(17)8-10)19-23(21,22)12-4-6-14-11(9-12)3-7-16(20)18-14/h2,4-6,8-9,19H,3,7H2,1H3,(H,18,20). The van der Waals surface area contributed by atoms with Gasteiger partial charge in [-0.2, -0.15) is 0 Å². The van der Waals surface area contributed by atoms with Gasteiger partial charge in [-0.3, -0.25) is 9.52 Å². The third-order valence-corrected chi connectivity index (χ3v) is 5.01. The van der Waals surface area contributed by atoms with E-state index < -0.39 is 15.8 Å². The van der Waals surface area contributed by atoms with Gasteiger partial charge in [-0.05, 0) is 54.8 Å². The molecular formula is C16H15FN2O3S. The molecule has 0 aromatic heterocycles. The van der Waals surface area contributed by atoms with Crippen LogP contribution in [0.1, 0.15) is 17.5 Å². The van der Waals surface area contributed by atoms with Gasteiger partial charge in [-0.1, -0.05) is 6.07 Å². The number of benzene rings is 2. The maximum atomic E-state index is 13.8. The second kappa shape index (κ2) is 5.66. The van der Waals surface area contributed by atoms with E-state index >= 15 is 0 Å². The van der Waals surface area contributed by atoms with Crippen molar-refractivity contribution >= 4 is 27.3 Å². The Kier molecular flexibility index (Phi) is 3.81. The Morgan fingerprint density at radius 1 is 1.13 bits per heavy atom. The molecule has 0 bridgehead atoms. The van der Waals surface area contributed by atoms with Crippen molar-refractivity contribution in [3.8, 4) is 0 Å². The summed E-state index contributed by atoms with van der Waals surface area (Å²) in [6.45, 7) is 1.72. The van der Waals surface area contributed by atoms with E-state index in [0.717, 1.165) is 5.56 Å². The highest BCUT2D eigenvalue weighted by atomic mass is 32.2. The molecular weight excluding hydrogens is 319 g/mol. The van der Waals surface area contributed by atoms with Gasteiger partial charge in [0.15, 0.2) is 0 Å². The number of carbonyl (C=O) groups excluding carboxylic acids is 1. The summed E-state index contributed by atoms with van der Waals surface area (Å²) in [5.41, 5.74) is 1.97. The highest BCUT2D eigenvalue weighted by Crippen LogP contribution is 2.27. The molecule has 0 unspecified atom stereocenters. The number of nitrogens with one attached hydrogen (secondary N) is 2. The van der Waals surface area contributed by atoms with Gasteiger partial charge in [0.25, 0.3) is 10.0 Å². The second-order valence-electron chi connectivity index (χ2n) is 5.46. The summed E-state index contributed by atoms with van der Waals surface area (Å²) >= 11 is 0. The summed E-state index contributed by atoms with van der Waals surface area (Å²) in [4.78, 5) is 11.4. The van der Waals surface area contributed by atoms with Crippen LogP contribution in [0.15, 0.2) is 41.3 Å². The first-order valence-electron chi connectivity index (χ1n) is 7.07. The lowest BCUT2D eigenvalue weighted by Gasteiger charge is -2.18. The van der Waals surface area contributed by atoms with Crippen molar-refractivity contribution < 1.29 is 17.6 Å². The Morgan fingerprint density at radius 2 is 1.91 bits per heavy atom. The van der Waals surface area contributed by atoms with Crippen LogP contribution in [0.4, 0.5) is 15.8 Å². The first kappa shape index (κ1) is 15.5. The van der Waals surface area contributed by atoms with Crippen LogP contribution in [0.25, 0.3) is 0 Å². The van der Waals surface area contributed by atoms with Crippen LogP contribution in [0.5, 0.6) is 0 Å². The third-order valence-electron chi connectivity index (χ3n) is 3.65. The van der Waals surface area contributed by atoms with Gasteiger partial charge in [0.2, 0.25) is 5.91 Å². The molecule has 120 valence electrons. The van der Waals surface area contributed by atoms with Crippen LogP contribution in [-0.4, -0.2) is 14.3 Å². The number of amides is 1. The van der Waals surface area contributed by atoms with Gasteiger partial charge in [0.1, 0.15) is 5.82 Å². The molecule has 0 radical (unpaired) electrons. The Hall–Kier alpha value is -2.41. The highest BCUT2D eigenvalue weighted by molar-refractivity contribution is 7.92. The first-order valence-corrected chi connectivity index (χ1v) is 8.55. The second-order valence-corrected chi connectivity index (χ2v) is 7.14. The Morgan fingerprint density at radius 3 is 2.65 bits per heavy atom. The molecule has 0 atom stereocenters. The van der Waals surface area contributed by atoms with Crippen LogP contribution in [0.3, 0.4) is 0 Å². The molecule has 2 N–H and O–H groups in total. The number of aryl methyl sites for hydroxylation is 2. The zero-order valence-electron chi connectivity index (χ0n) is 12.4. The summed E-state index contributed by atoms with van der Waals surface area (Å²) < 4.78 is 40.9. The summed E-state index contributed by atoms with van der Waals surface area (Å²) in [5, 5.41) is 2.69. The molecule has 1 aliphatic heterocycles. The van der Waals surface area contributed by atoms with Crippen molar-refractivity contribution in [3.05, 3.63) is 53.3 Å². The summed E-state index contributed by atoms with van der Waals surface area (Å²) in [6.07, 6.45) is 0.792. The summed E-state index contributed by atoms with van der Waals surface area (Å²) in [7, 11) is -3.90. The Bertz CT molecular complexity index is 894. The van der Waals surface area contributed by atoms with Gasteiger partial charge in [-0.25, -0.2) is 12.8 Å². The fourth-order valence-corrected chi connectivity index (χ4v) is 3.55. The van der Waals surface area contributed by atoms with Crippen LogP contribution in [0.2, 0.25) is 0 Å². The van der Waals surface area contributed by atoms with Gasteiger partial charge >= 0.3 is 0 Å². The predicted molar refractivity (Wildman–Crippen MR) is 85.3 cm³/mol. The first-order chi connectivity index (χ1) is 10.8. The largest absolute Gasteiger partial charge is 0.326 e. The molecule has 0 spiro atoms. The lowest BCUT2D eigenvalue weighted by Crippen LogP contribution is -2.20. The number of rotatable bonds is 3. The van der Waals surface area contributed by atoms with Crippen LogP contribution in [0, 0.1) is 12.7 Å². The van der Waals surface area contributed by atoms with Crippen molar-refractivity contribution in [3.63, 3.8) is 0 Å². The van der Waals surface area contributed by atoms with Crippen molar-refractivity contribution in [2.75, 3.05) is 10.0 Å². The number of hydrogen-bond donors (Lipinski definition) is 2. The predicted octanol–water partition coefficient (Wildman–Crippen LogP) is 2.82. The monoisotopic (exact) mass is 334 g/mol. The average Bonchev–Trinajstić information content (AvgIpc) is 2.49. The van der Waals surface area contributed by atoms with E-state index in [0.29, 0.717) is 24.1 Å². The van der Waals surface area contributed by atoms with Crippen LogP contribution in [-0.2, 0) is 21.2 Å². The number of halogens is 1. The summed E-state index contributed by atoms with van der Waals surface area (Å²) in [6, 6.07) is 8.72. The zero-order valence-corrected chi connectivity index (χ0v) is 13.2. The smallest absolute Gasteiger partial charge is 0.261 e. The zero-order chi connectivity index (χ0) is 16.6. The number of anilines is 2. The quantitative estimate of drug-likeness (QED) is 0.906. The topological polar surface area (TPSA) is 75.3 Å². The Balaban J connectivity index is 1.92. The maximum absolute atomic E-state index is 13.8. The number of fused-ring (bicyclic) bond motifs is 1. The van der Waals surface area contributed by atoms with Crippen LogP contribution >= 0.6 is 0 Å². The molecule has 0 aliphatic carbocycles. The molecule has 1 amide bonds. The minimum absolute atomic E-state index is 0.0346. The molecule has 0 fully saturated rings. The van der Waals surface area contributed by atoms with Crippen molar-refractivity contribution in [2.24, 2.45) is 0 Å². The molecule has 23 heavy (non-hydrogen) atoms. The van der Waals surface area contributed by atoms with Crippen molar-refractivity contribution in [1.82, 2.24) is 0 Å². The Labute approximate surface area is 133 Å². The minimum atomic E-state index is -3.90. The lowest BCUT2D eigenvalue weighted by molar-refractivity contribution is -0.116. The van der Waals surface area contributed by atoms with E-state index in [1.807, 2.05) is 0 Å². The van der Waals surface area contributed by atoms with E-state index in [9.17, 15) is 17.6 Å². The molecule has 2 aromatic carbocycles. The molecule has 3 rings (SSSR count). The molecule has 0 saturated carbocycles. The number of sulfonamides is 1. The molecule has 1 aliphatic rings. The van der Waals surface area contributed by atoms with Gasteiger partial charge in [0.05, 0.1) is 10.6 Å². The number of hydrogen-bond acceptors (Lipinski definition) is 3. The molecule has 7 heteroatoms. The normalized spacial score (nSPS) is 14.1. The van der Waals surface area contributed by atoms with Crippen molar-refractivity contribution in [1.29, 1.82) is 0 Å². The van der Waals surface area contributed by atoms with E-state index in [1.54, 1.807) is 19.1 Å². The van der Waals surface area contributed by atoms with E-state index in [4.69, 9.17) is 0 Å². The fraction of sp³-hybridized carbons (Fsp3) is 0.188. The average molecular weight is 334 g/mol. The number of carbonyl (C=O) groups is 1. The third kappa shape index (κ3) is 3.19. The molecule has 5 nitrogen and oxygen atoms in total. The maximum Gasteiger partial charge on any atom is 0.261 e. The summed E-state index contributed by atoms with van der Waals surface area (Å²) in [5.74, 6) is -0.716. The van der Waals surface area contributed by atoms with Crippen molar-refractivity contribution in [2.45, 2.75) is 24.7 Å². The van der Waals surface area contributed by atoms with E-state index in [-0.39, 0.29) is 16.5 Å².